The highest BCUT2D eigenvalue weighted by Gasteiger charge is 2.36. The number of hydrogen-bond donors (Lipinski definition) is 0. The van der Waals surface area contributed by atoms with E-state index in [9.17, 15) is 0 Å². The number of para-hydroxylation sites is 4. The molecule has 0 amide bonds. The molecule has 0 fully saturated rings. The summed E-state index contributed by atoms with van der Waals surface area (Å²) in [6, 6.07) is 51.8. The van der Waals surface area contributed by atoms with Gasteiger partial charge < -0.3 is 18.6 Å². The van der Waals surface area contributed by atoms with Gasteiger partial charge in [0.2, 0.25) is 0 Å². The van der Waals surface area contributed by atoms with E-state index in [-0.39, 0.29) is 5.41 Å². The lowest BCUT2D eigenvalue weighted by Gasteiger charge is -2.42. The van der Waals surface area contributed by atoms with Crippen LogP contribution in [0.3, 0.4) is 0 Å². The van der Waals surface area contributed by atoms with E-state index in [0.29, 0.717) is 0 Å². The molecule has 51 heavy (non-hydrogen) atoms. The summed E-state index contributed by atoms with van der Waals surface area (Å²) in [4.78, 5) is 4.75. The van der Waals surface area contributed by atoms with E-state index in [1.807, 2.05) is 12.1 Å². The normalized spacial score (nSPS) is 14.6. The molecule has 0 bridgehead atoms. The van der Waals surface area contributed by atoms with Crippen molar-refractivity contribution in [3.05, 3.63) is 174 Å². The summed E-state index contributed by atoms with van der Waals surface area (Å²) >= 11 is 0. The number of hydrogen-bond acceptors (Lipinski definition) is 4. The lowest BCUT2D eigenvalue weighted by molar-refractivity contribution is 0.632. The van der Waals surface area contributed by atoms with E-state index in [4.69, 9.17) is 8.83 Å². The molecule has 0 radical (unpaired) electrons. The maximum Gasteiger partial charge on any atom is 0.136 e. The Kier molecular flexibility index (Phi) is 5.57. The highest BCUT2D eigenvalue weighted by atomic mass is 16.3. The number of furan rings is 2. The first kappa shape index (κ1) is 28.3. The molecule has 9 aromatic rings. The Morgan fingerprint density at radius 1 is 0.451 bits per heavy atom. The number of benzene rings is 7. The van der Waals surface area contributed by atoms with Crippen LogP contribution in [0, 0.1) is 0 Å². The van der Waals surface area contributed by atoms with Crippen LogP contribution in [0.2, 0.25) is 0 Å². The maximum atomic E-state index is 6.56. The molecule has 0 N–H and O–H groups in total. The Morgan fingerprint density at radius 2 is 0.843 bits per heavy atom. The van der Waals surface area contributed by atoms with Gasteiger partial charge in [0.15, 0.2) is 0 Å². The van der Waals surface area contributed by atoms with Crippen molar-refractivity contribution in [2.24, 2.45) is 0 Å². The van der Waals surface area contributed by atoms with E-state index in [2.05, 4.69) is 164 Å². The first-order valence-corrected chi connectivity index (χ1v) is 17.5. The fourth-order valence-corrected chi connectivity index (χ4v) is 8.74. The molecule has 2 aliphatic rings. The Labute approximate surface area is 295 Å². The van der Waals surface area contributed by atoms with Gasteiger partial charge in [-0.2, -0.15) is 0 Å². The van der Waals surface area contributed by atoms with E-state index >= 15 is 0 Å². The molecule has 0 saturated carbocycles. The van der Waals surface area contributed by atoms with Gasteiger partial charge in [-0.3, -0.25) is 0 Å². The fourth-order valence-electron chi connectivity index (χ4n) is 8.74. The van der Waals surface area contributed by atoms with Crippen LogP contribution in [0.15, 0.2) is 161 Å². The van der Waals surface area contributed by atoms with Crippen LogP contribution >= 0.6 is 0 Å². The Morgan fingerprint density at radius 3 is 1.33 bits per heavy atom. The van der Waals surface area contributed by atoms with Gasteiger partial charge in [0.25, 0.3) is 0 Å². The largest absolute Gasteiger partial charge is 0.456 e. The number of nitrogens with zero attached hydrogens (tertiary/aromatic N) is 2. The predicted octanol–water partition coefficient (Wildman–Crippen LogP) is 13.4. The summed E-state index contributed by atoms with van der Waals surface area (Å²) in [7, 11) is 0. The van der Waals surface area contributed by atoms with E-state index < -0.39 is 0 Å². The molecule has 4 heterocycles. The first-order valence-electron chi connectivity index (χ1n) is 17.5. The summed E-state index contributed by atoms with van der Waals surface area (Å²) in [6.45, 7) is 9.12. The predicted molar refractivity (Wildman–Crippen MR) is 211 cm³/mol. The summed E-state index contributed by atoms with van der Waals surface area (Å²) < 4.78 is 13.1. The minimum Gasteiger partial charge on any atom is -0.456 e. The van der Waals surface area contributed by atoms with Crippen molar-refractivity contribution in [2.45, 2.75) is 19.3 Å². The zero-order valence-electron chi connectivity index (χ0n) is 28.3. The Hall–Kier alpha value is -6.52. The Balaban J connectivity index is 1.15. The van der Waals surface area contributed by atoms with Gasteiger partial charge in [-0.25, -0.2) is 0 Å². The fraction of sp³-hybridized carbons (Fsp3) is 0.0638. The molecule has 0 unspecified atom stereocenters. The zero-order valence-corrected chi connectivity index (χ0v) is 28.3. The van der Waals surface area contributed by atoms with Gasteiger partial charge in [0.1, 0.15) is 22.3 Å². The average molecular weight is 657 g/mol. The highest BCUT2D eigenvalue weighted by molar-refractivity contribution is 6.26. The van der Waals surface area contributed by atoms with Crippen molar-refractivity contribution in [3.63, 3.8) is 0 Å². The standard InChI is InChI=1S/C47H32N2O2/c1-28-31-12-4-8-16-37(31)48(38-17-9-5-13-32(28)38)29-20-22-41-33(26-29)45-43(50-41)24-25-44-46(45)34-27-30(21-23-42(34)51-44)49-39-18-10-6-14-35(39)47(2,3)36-15-7-11-19-40(36)49/h4-27H,1H2,2-3H3. The second-order valence-electron chi connectivity index (χ2n) is 14.2. The number of rotatable bonds is 2. The van der Waals surface area contributed by atoms with Crippen LogP contribution < -0.4 is 9.80 Å². The molecular weight excluding hydrogens is 625 g/mol. The zero-order chi connectivity index (χ0) is 34.0. The molecule has 4 heteroatoms. The number of anilines is 6. The monoisotopic (exact) mass is 656 g/mol. The van der Waals surface area contributed by atoms with Crippen molar-refractivity contribution in [2.75, 3.05) is 9.80 Å². The maximum absolute atomic E-state index is 6.56. The molecule has 242 valence electrons. The van der Waals surface area contributed by atoms with Crippen molar-refractivity contribution in [1.82, 2.24) is 0 Å². The van der Waals surface area contributed by atoms with Crippen LogP contribution in [0.5, 0.6) is 0 Å². The minimum absolute atomic E-state index is 0.127. The molecule has 2 aliphatic heterocycles. The third-order valence-electron chi connectivity index (χ3n) is 11.1. The van der Waals surface area contributed by atoms with Crippen LogP contribution in [0.4, 0.5) is 34.1 Å². The lowest BCUT2D eigenvalue weighted by Crippen LogP contribution is -2.30. The summed E-state index contributed by atoms with van der Waals surface area (Å²) in [6.07, 6.45) is 0. The molecule has 7 aromatic carbocycles. The van der Waals surface area contributed by atoms with Crippen molar-refractivity contribution < 1.29 is 8.83 Å². The van der Waals surface area contributed by atoms with Gasteiger partial charge >= 0.3 is 0 Å². The van der Waals surface area contributed by atoms with Gasteiger partial charge in [-0.15, -0.1) is 0 Å². The Bertz CT molecular complexity index is 2840. The molecule has 0 saturated heterocycles. The average Bonchev–Trinajstić information content (AvgIpc) is 3.73. The minimum atomic E-state index is -0.127. The molecule has 0 aliphatic carbocycles. The molecule has 2 aromatic heterocycles. The third kappa shape index (κ3) is 3.79. The van der Waals surface area contributed by atoms with E-state index in [1.54, 1.807) is 0 Å². The van der Waals surface area contributed by atoms with Crippen molar-refractivity contribution >= 4 is 83.6 Å². The molecule has 0 spiro atoms. The summed E-state index contributed by atoms with van der Waals surface area (Å²) in [5.41, 5.74) is 15.9. The van der Waals surface area contributed by atoms with Crippen molar-refractivity contribution in [3.8, 4) is 0 Å². The topological polar surface area (TPSA) is 32.8 Å². The van der Waals surface area contributed by atoms with Gasteiger partial charge in [0.05, 0.1) is 22.7 Å². The van der Waals surface area contributed by atoms with Crippen LogP contribution in [0.25, 0.3) is 49.5 Å². The second-order valence-corrected chi connectivity index (χ2v) is 14.2. The quantitative estimate of drug-likeness (QED) is 0.185. The molecule has 4 nitrogen and oxygen atoms in total. The van der Waals surface area contributed by atoms with Gasteiger partial charge in [-0.1, -0.05) is 93.2 Å². The molecule has 0 atom stereocenters. The van der Waals surface area contributed by atoms with Crippen LogP contribution in [-0.4, -0.2) is 0 Å². The van der Waals surface area contributed by atoms with E-state index in [1.165, 1.54) is 22.5 Å². The third-order valence-corrected chi connectivity index (χ3v) is 11.1. The second kappa shape index (κ2) is 10.0. The SMILES string of the molecule is C=C1c2ccccc2N(c2ccc3oc4ccc5oc6ccc(N7c8ccccc8C(C)(C)c8ccccc87)cc6c5c4c3c2)c2ccccc21. The molecular formula is C47H32N2O2. The molecule has 11 rings (SSSR count). The number of fused-ring (bicyclic) bond motifs is 11. The van der Waals surface area contributed by atoms with Gasteiger partial charge in [0, 0.05) is 49.5 Å². The van der Waals surface area contributed by atoms with E-state index in [0.717, 1.165) is 83.3 Å². The van der Waals surface area contributed by atoms with Crippen LogP contribution in [0.1, 0.15) is 36.1 Å². The summed E-state index contributed by atoms with van der Waals surface area (Å²) in [5, 5.41) is 4.23. The van der Waals surface area contributed by atoms with Crippen molar-refractivity contribution in [1.29, 1.82) is 0 Å². The summed E-state index contributed by atoms with van der Waals surface area (Å²) in [5.74, 6) is 0. The van der Waals surface area contributed by atoms with Gasteiger partial charge in [-0.05, 0) is 89.5 Å². The lowest BCUT2D eigenvalue weighted by atomic mass is 9.73. The highest BCUT2D eigenvalue weighted by Crippen LogP contribution is 2.53. The first-order chi connectivity index (χ1) is 25.0. The smallest absolute Gasteiger partial charge is 0.136 e. The van der Waals surface area contributed by atoms with Crippen LogP contribution in [-0.2, 0) is 5.41 Å².